The van der Waals surface area contributed by atoms with Crippen molar-refractivity contribution in [3.05, 3.63) is 81.5 Å². The first kappa shape index (κ1) is 26.5. The minimum absolute atomic E-state index is 0.0581. The molecule has 0 spiro atoms. The van der Waals surface area contributed by atoms with Crippen molar-refractivity contribution >= 4 is 16.9 Å². The fourth-order valence-electron chi connectivity index (χ4n) is 3.73. The van der Waals surface area contributed by atoms with E-state index in [0.717, 1.165) is 0 Å². The summed E-state index contributed by atoms with van der Waals surface area (Å²) in [5.41, 5.74) is 0.690. The molecule has 0 saturated carbocycles. The van der Waals surface area contributed by atoms with E-state index in [2.05, 4.69) is 4.74 Å². The quantitative estimate of drug-likeness (QED) is 0.0774. The van der Waals surface area contributed by atoms with Crippen molar-refractivity contribution < 1.29 is 50.1 Å². The van der Waals surface area contributed by atoms with E-state index in [1.807, 2.05) is 0 Å². The summed E-state index contributed by atoms with van der Waals surface area (Å²) in [4.78, 5) is 24.9. The van der Waals surface area contributed by atoms with Gasteiger partial charge in [-0.1, -0.05) is 6.07 Å². The van der Waals surface area contributed by atoms with Crippen LogP contribution in [0.15, 0.2) is 45.6 Å². The van der Waals surface area contributed by atoms with Crippen LogP contribution in [0.1, 0.15) is 5.56 Å². The van der Waals surface area contributed by atoms with E-state index >= 15 is 0 Å². The van der Waals surface area contributed by atoms with Gasteiger partial charge in [0.1, 0.15) is 11.3 Å². The third-order valence-electron chi connectivity index (χ3n) is 5.55. The summed E-state index contributed by atoms with van der Waals surface area (Å²) in [6.45, 7) is 0.506. The van der Waals surface area contributed by atoms with Gasteiger partial charge in [-0.15, -0.1) is 0 Å². The van der Waals surface area contributed by atoms with E-state index in [4.69, 9.17) is 18.6 Å². The van der Waals surface area contributed by atoms with Crippen molar-refractivity contribution in [1.82, 2.24) is 0 Å². The second-order valence-corrected chi connectivity index (χ2v) is 7.78. The first-order valence-electron chi connectivity index (χ1n) is 10.7. The van der Waals surface area contributed by atoms with Crippen LogP contribution in [0.5, 0.6) is 23.0 Å². The molecule has 1 aromatic heterocycles. The van der Waals surface area contributed by atoms with E-state index in [1.54, 1.807) is 25.1 Å². The first-order valence-corrected chi connectivity index (χ1v) is 10.7. The number of ether oxygens (including phenoxy) is 4. The van der Waals surface area contributed by atoms with Gasteiger partial charge in [-0.05, 0) is 42.3 Å². The molecule has 0 aliphatic carbocycles. The minimum atomic E-state index is -2.36. The summed E-state index contributed by atoms with van der Waals surface area (Å²) in [6.07, 6.45) is 0. The average molecular weight is 536 g/mol. The lowest BCUT2D eigenvalue weighted by Gasteiger charge is -2.12. The third kappa shape index (κ3) is 4.72. The van der Waals surface area contributed by atoms with Crippen molar-refractivity contribution in [2.75, 3.05) is 20.8 Å². The molecule has 7 nitrogen and oxygen atoms in total. The fraction of sp³-hybridized carbons (Fsp3) is 0.154. The highest BCUT2D eigenvalue weighted by Crippen LogP contribution is 2.35. The van der Waals surface area contributed by atoms with Gasteiger partial charge in [0.15, 0.2) is 23.9 Å². The monoisotopic (exact) mass is 536 g/mol. The van der Waals surface area contributed by atoms with Gasteiger partial charge in [0.05, 0.1) is 19.8 Å². The van der Waals surface area contributed by atoms with Crippen LogP contribution in [0.25, 0.3) is 22.1 Å². The molecular formula is C26H17F5O7. The second-order valence-electron chi connectivity index (χ2n) is 7.78. The normalized spacial score (nSPS) is 10.9. The summed E-state index contributed by atoms with van der Waals surface area (Å²) >= 11 is 0. The Morgan fingerprint density at radius 2 is 1.47 bits per heavy atom. The Kier molecular flexibility index (Phi) is 7.24. The molecule has 0 unspecified atom stereocenters. The molecular weight excluding hydrogens is 519 g/mol. The van der Waals surface area contributed by atoms with Crippen LogP contribution in [0.2, 0.25) is 0 Å². The molecule has 4 rings (SSSR count). The Morgan fingerprint density at radius 1 is 0.842 bits per heavy atom. The molecule has 4 aromatic rings. The number of hydrogen-bond acceptors (Lipinski definition) is 7. The summed E-state index contributed by atoms with van der Waals surface area (Å²) in [5, 5.41) is 0.506. The highest BCUT2D eigenvalue weighted by Gasteiger charge is 2.27. The van der Waals surface area contributed by atoms with Gasteiger partial charge in [0.2, 0.25) is 29.1 Å². The van der Waals surface area contributed by atoms with Gasteiger partial charge in [-0.3, -0.25) is 0 Å². The fourth-order valence-corrected chi connectivity index (χ4v) is 3.73. The van der Waals surface area contributed by atoms with Gasteiger partial charge in [0, 0.05) is 11.5 Å². The van der Waals surface area contributed by atoms with E-state index in [0.29, 0.717) is 28.0 Å². The third-order valence-corrected chi connectivity index (χ3v) is 5.55. The lowest BCUT2D eigenvalue weighted by atomic mass is 9.99. The molecule has 0 saturated heterocycles. The number of carbonyl (C=O) groups excluding carboxylic acids is 1. The Balaban J connectivity index is 1.58. The van der Waals surface area contributed by atoms with Crippen LogP contribution in [0.4, 0.5) is 22.0 Å². The number of esters is 1. The number of methoxy groups -OCH3 is 2. The predicted octanol–water partition coefficient (Wildman–Crippen LogP) is 5.47. The molecule has 0 radical (unpaired) electrons. The summed E-state index contributed by atoms with van der Waals surface area (Å²) in [5.74, 6) is -13.4. The number of halogens is 5. The van der Waals surface area contributed by atoms with Crippen molar-refractivity contribution in [3.63, 3.8) is 0 Å². The molecule has 0 bridgehead atoms. The van der Waals surface area contributed by atoms with Crippen LogP contribution < -0.4 is 24.6 Å². The Bertz CT molecular complexity index is 1600. The zero-order chi connectivity index (χ0) is 27.7. The van der Waals surface area contributed by atoms with Crippen LogP contribution in [-0.2, 0) is 4.79 Å². The zero-order valence-electron chi connectivity index (χ0n) is 19.9. The van der Waals surface area contributed by atoms with Gasteiger partial charge in [-0.25, -0.2) is 22.8 Å². The van der Waals surface area contributed by atoms with Gasteiger partial charge in [0.25, 0.3) is 0 Å². The van der Waals surface area contributed by atoms with Crippen LogP contribution in [0, 0.1) is 36.0 Å². The Labute approximate surface area is 210 Å². The Hall–Kier alpha value is -4.61. The van der Waals surface area contributed by atoms with E-state index < -0.39 is 53.0 Å². The van der Waals surface area contributed by atoms with Gasteiger partial charge >= 0.3 is 11.6 Å². The molecule has 1 heterocycles. The standard InChI is InChI=1S/C26H17F5O7/c1-11-14-6-5-13(37-18(32)10-36-25-23(30)21(28)20(27)22(29)24(25)31)9-16(14)38-26(33)19(11)12-4-7-15(34-2)17(8-12)35-3/h4-9H,10H2,1-3H3. The molecule has 38 heavy (non-hydrogen) atoms. The minimum Gasteiger partial charge on any atom is -0.493 e. The zero-order valence-corrected chi connectivity index (χ0v) is 19.9. The lowest BCUT2D eigenvalue weighted by Crippen LogP contribution is -2.19. The van der Waals surface area contributed by atoms with Crippen molar-refractivity contribution in [2.24, 2.45) is 0 Å². The van der Waals surface area contributed by atoms with Gasteiger partial charge in [-0.2, -0.15) is 8.78 Å². The number of benzene rings is 3. The number of carbonyl (C=O) groups is 1. The molecule has 0 N–H and O–H groups in total. The van der Waals surface area contributed by atoms with Crippen LogP contribution in [0.3, 0.4) is 0 Å². The Morgan fingerprint density at radius 3 is 2.11 bits per heavy atom. The molecule has 0 fully saturated rings. The lowest BCUT2D eigenvalue weighted by molar-refractivity contribution is -0.136. The van der Waals surface area contributed by atoms with E-state index in [-0.39, 0.29) is 16.9 Å². The number of aryl methyl sites for hydroxylation is 1. The maximum absolute atomic E-state index is 13.7. The summed E-state index contributed by atoms with van der Waals surface area (Å²) < 4.78 is 92.5. The maximum Gasteiger partial charge on any atom is 0.349 e. The molecule has 0 atom stereocenters. The first-order chi connectivity index (χ1) is 18.1. The molecule has 0 aliphatic heterocycles. The highest BCUT2D eigenvalue weighted by molar-refractivity contribution is 5.88. The predicted molar refractivity (Wildman–Crippen MR) is 123 cm³/mol. The molecule has 12 heteroatoms. The number of hydrogen-bond donors (Lipinski definition) is 0. The highest BCUT2D eigenvalue weighted by atomic mass is 19.2. The molecule has 3 aromatic carbocycles. The van der Waals surface area contributed by atoms with E-state index in [1.165, 1.54) is 32.4 Å². The molecule has 0 aliphatic rings. The molecule has 198 valence electrons. The topological polar surface area (TPSA) is 84.2 Å². The number of fused-ring (bicyclic) bond motifs is 1. The van der Waals surface area contributed by atoms with Crippen molar-refractivity contribution in [3.8, 4) is 34.1 Å². The maximum atomic E-state index is 13.7. The smallest absolute Gasteiger partial charge is 0.349 e. The van der Waals surface area contributed by atoms with E-state index in [9.17, 15) is 31.5 Å². The largest absolute Gasteiger partial charge is 0.493 e. The second kappa shape index (κ2) is 10.4. The van der Waals surface area contributed by atoms with Crippen LogP contribution in [-0.4, -0.2) is 26.8 Å². The van der Waals surface area contributed by atoms with Crippen molar-refractivity contribution in [2.45, 2.75) is 6.92 Å². The number of rotatable bonds is 7. The summed E-state index contributed by atoms with van der Waals surface area (Å²) in [6, 6.07) is 8.99. The van der Waals surface area contributed by atoms with Crippen molar-refractivity contribution in [1.29, 1.82) is 0 Å². The SMILES string of the molecule is COc1ccc(-c2c(C)c3ccc(OC(=O)COc4c(F)c(F)c(F)c(F)c4F)cc3oc2=O)cc1OC. The average Bonchev–Trinajstić information content (AvgIpc) is 2.90. The summed E-state index contributed by atoms with van der Waals surface area (Å²) in [7, 11) is 2.93. The molecule has 0 amide bonds. The van der Waals surface area contributed by atoms with Crippen LogP contribution >= 0.6 is 0 Å². The van der Waals surface area contributed by atoms with Gasteiger partial charge < -0.3 is 23.4 Å².